The molecule has 0 N–H and O–H groups in total. The van der Waals surface area contributed by atoms with Crippen molar-refractivity contribution in [2.45, 2.75) is 25.3 Å². The molecule has 0 nitrogen and oxygen atoms in total. The van der Waals surface area contributed by atoms with Crippen molar-refractivity contribution in [3.63, 3.8) is 0 Å². The van der Waals surface area contributed by atoms with E-state index >= 15 is 0 Å². The van der Waals surface area contributed by atoms with Crippen molar-refractivity contribution in [2.75, 3.05) is 0 Å². The molecule has 0 heterocycles. The molecule has 0 aliphatic carbocycles. The molecule has 0 spiro atoms. The summed E-state index contributed by atoms with van der Waals surface area (Å²) in [5.41, 5.74) is 2.80. The molecular formula is C30H36Si2. The van der Waals surface area contributed by atoms with Gasteiger partial charge in [0.05, 0.1) is 9.52 Å². The Labute approximate surface area is 200 Å². The van der Waals surface area contributed by atoms with Gasteiger partial charge in [0.2, 0.25) is 0 Å². The van der Waals surface area contributed by atoms with Crippen LogP contribution in [0.4, 0.5) is 0 Å². The van der Waals surface area contributed by atoms with Crippen molar-refractivity contribution in [3.05, 3.63) is 145 Å². The van der Waals surface area contributed by atoms with Crippen LogP contribution in [0.15, 0.2) is 134 Å². The van der Waals surface area contributed by atoms with Crippen molar-refractivity contribution in [2.24, 2.45) is 0 Å². The molecule has 4 aromatic rings. The maximum absolute atomic E-state index is 3.66. The van der Waals surface area contributed by atoms with E-state index in [2.05, 4.69) is 104 Å². The Bertz CT molecular complexity index is 911. The molecule has 32 heavy (non-hydrogen) atoms. The van der Waals surface area contributed by atoms with E-state index in [4.69, 9.17) is 0 Å². The van der Waals surface area contributed by atoms with E-state index in [9.17, 15) is 0 Å². The molecule has 0 saturated heterocycles. The highest BCUT2D eigenvalue weighted by Crippen LogP contribution is 2.04. The molecule has 164 valence electrons. The Morgan fingerprint density at radius 1 is 0.625 bits per heavy atom. The zero-order valence-electron chi connectivity index (χ0n) is 19.4. The minimum absolute atomic E-state index is 0.0273. The van der Waals surface area contributed by atoms with Gasteiger partial charge >= 0.3 is 0 Å². The summed E-state index contributed by atoms with van der Waals surface area (Å²) >= 11 is 0. The summed E-state index contributed by atoms with van der Waals surface area (Å²) in [5, 5.41) is 3.05. The lowest BCUT2D eigenvalue weighted by Crippen LogP contribution is -2.12. The van der Waals surface area contributed by atoms with Gasteiger partial charge in [0, 0.05) is 10.2 Å². The van der Waals surface area contributed by atoms with Gasteiger partial charge in [-0.05, 0) is 24.0 Å². The lowest BCUT2D eigenvalue weighted by atomic mass is 10.1. The Morgan fingerprint density at radius 2 is 1.09 bits per heavy atom. The summed E-state index contributed by atoms with van der Waals surface area (Å²) < 4.78 is 0. The molecule has 0 saturated carbocycles. The second-order valence-electron chi connectivity index (χ2n) is 7.81. The number of allylic oxidation sites excluding steroid dienone is 1. The Morgan fingerprint density at radius 3 is 1.56 bits per heavy atom. The molecule has 0 amide bonds. The molecule has 0 atom stereocenters. The van der Waals surface area contributed by atoms with E-state index in [0.717, 1.165) is 6.42 Å². The molecule has 0 aliphatic heterocycles. The third kappa shape index (κ3) is 12.0. The summed E-state index contributed by atoms with van der Waals surface area (Å²) in [7, 11) is 1.15. The number of hydrogen-bond acceptors (Lipinski definition) is 0. The van der Waals surface area contributed by atoms with Crippen LogP contribution in [-0.2, 0) is 12.8 Å². The quantitative estimate of drug-likeness (QED) is 0.218. The highest BCUT2D eigenvalue weighted by Gasteiger charge is 1.95. The maximum atomic E-state index is 3.66. The summed E-state index contributed by atoms with van der Waals surface area (Å²) in [5.74, 6) is 0. The monoisotopic (exact) mass is 452 g/mol. The second-order valence-corrected chi connectivity index (χ2v) is 11.0. The van der Waals surface area contributed by atoms with Gasteiger partial charge in [0.25, 0.3) is 0 Å². The lowest BCUT2D eigenvalue weighted by molar-refractivity contribution is 0.916. The van der Waals surface area contributed by atoms with Crippen molar-refractivity contribution in [1.29, 1.82) is 0 Å². The van der Waals surface area contributed by atoms with E-state index in [1.807, 2.05) is 30.3 Å². The molecule has 2 heteroatoms. The first-order chi connectivity index (χ1) is 15.8. The fourth-order valence-electron chi connectivity index (χ4n) is 3.26. The highest BCUT2D eigenvalue weighted by atomic mass is 28.2. The van der Waals surface area contributed by atoms with Gasteiger partial charge in [0.1, 0.15) is 0 Å². The summed E-state index contributed by atoms with van der Waals surface area (Å²) in [6.45, 7) is 3.66. The van der Waals surface area contributed by atoms with Crippen LogP contribution in [-0.4, -0.2) is 19.8 Å². The van der Waals surface area contributed by atoms with E-state index in [0.29, 0.717) is 0 Å². The lowest BCUT2D eigenvalue weighted by Gasteiger charge is -2.01. The largest absolute Gasteiger partial charge is 0.103 e. The fourth-order valence-corrected chi connectivity index (χ4v) is 5.16. The van der Waals surface area contributed by atoms with Crippen molar-refractivity contribution in [1.82, 2.24) is 0 Å². The van der Waals surface area contributed by atoms with E-state index in [1.54, 1.807) is 5.19 Å². The van der Waals surface area contributed by atoms with E-state index in [1.165, 1.54) is 45.4 Å². The third-order valence-electron chi connectivity index (χ3n) is 5.03. The Hall–Kier alpha value is -2.95. The topological polar surface area (TPSA) is 0 Å². The van der Waals surface area contributed by atoms with Crippen LogP contribution in [0.2, 0.25) is 6.04 Å². The average molecular weight is 453 g/mol. The van der Waals surface area contributed by atoms with Gasteiger partial charge in [-0.3, -0.25) is 0 Å². The molecule has 0 aliphatic rings. The molecular weight excluding hydrogens is 417 g/mol. The molecule has 4 aromatic carbocycles. The van der Waals surface area contributed by atoms with Gasteiger partial charge in [-0.25, -0.2) is 0 Å². The van der Waals surface area contributed by atoms with E-state index < -0.39 is 0 Å². The predicted octanol–water partition coefficient (Wildman–Crippen LogP) is 4.62. The minimum Gasteiger partial charge on any atom is -0.103 e. The zero-order valence-corrected chi connectivity index (χ0v) is 22.8. The first-order valence-electron chi connectivity index (χ1n) is 11.5. The Balaban J connectivity index is 0.000000191. The molecule has 0 unspecified atom stereocenters. The van der Waals surface area contributed by atoms with Gasteiger partial charge < -0.3 is 0 Å². The van der Waals surface area contributed by atoms with Crippen molar-refractivity contribution < 1.29 is 0 Å². The van der Waals surface area contributed by atoms with Gasteiger partial charge in [0.15, 0.2) is 0 Å². The Kier molecular flexibility index (Phi) is 13.2. The first-order valence-corrected chi connectivity index (χ1v) is 14.2. The highest BCUT2D eigenvalue weighted by molar-refractivity contribution is 6.53. The smallest absolute Gasteiger partial charge is 0.0547 e. The molecule has 4 rings (SSSR count). The van der Waals surface area contributed by atoms with Gasteiger partial charge in [-0.15, -0.1) is 6.58 Å². The van der Waals surface area contributed by atoms with Crippen LogP contribution < -0.4 is 10.4 Å². The molecule has 0 aromatic heterocycles. The summed E-state index contributed by atoms with van der Waals surface area (Å²) in [6, 6.07) is 43.9. The predicted molar refractivity (Wildman–Crippen MR) is 151 cm³/mol. The van der Waals surface area contributed by atoms with Crippen LogP contribution >= 0.6 is 0 Å². The third-order valence-corrected chi connectivity index (χ3v) is 7.60. The van der Waals surface area contributed by atoms with Crippen molar-refractivity contribution >= 4 is 30.1 Å². The van der Waals surface area contributed by atoms with Gasteiger partial charge in [-0.2, -0.15) is 0 Å². The SMILES string of the molecule is C=CCc1ccccc1.[SiH3]c1ccccc1.c1ccc(CCC[SiH2]c2ccccc2)cc1. The fraction of sp³-hybridized carbons (Fsp3) is 0.133. The average Bonchev–Trinajstić information content (AvgIpc) is 2.85. The van der Waals surface area contributed by atoms with Gasteiger partial charge in [-0.1, -0.05) is 150 Å². The molecule has 0 fully saturated rings. The van der Waals surface area contributed by atoms with Crippen LogP contribution in [0, 0.1) is 0 Å². The standard InChI is InChI=1S/C15H18Si.C9H10.C6H8Si/c1-3-8-14(9-4-1)10-7-13-16-15-11-5-2-6-12-15;1-2-6-9-7-4-3-5-8-9;7-6-4-2-1-3-5-6/h1-6,8-9,11-12H,7,10,13,16H2;2-5,7-8H,1,6H2;1-5H,7H3. The second kappa shape index (κ2) is 16.7. The van der Waals surface area contributed by atoms with Crippen LogP contribution in [0.3, 0.4) is 0 Å². The van der Waals surface area contributed by atoms with Crippen LogP contribution in [0.25, 0.3) is 0 Å². The van der Waals surface area contributed by atoms with Crippen LogP contribution in [0.5, 0.6) is 0 Å². The normalized spacial score (nSPS) is 10.0. The molecule has 0 bridgehead atoms. The van der Waals surface area contributed by atoms with Crippen molar-refractivity contribution in [3.8, 4) is 0 Å². The number of hydrogen-bond donors (Lipinski definition) is 0. The minimum atomic E-state index is -0.0273. The first kappa shape index (κ1) is 25.3. The van der Waals surface area contributed by atoms with E-state index in [-0.39, 0.29) is 9.52 Å². The number of benzene rings is 4. The number of rotatable bonds is 7. The van der Waals surface area contributed by atoms with Crippen LogP contribution in [0.1, 0.15) is 17.5 Å². The summed E-state index contributed by atoms with van der Waals surface area (Å²) in [6.07, 6.45) is 5.46. The zero-order chi connectivity index (χ0) is 22.7. The number of aryl methyl sites for hydroxylation is 1. The maximum Gasteiger partial charge on any atom is 0.0547 e. The molecule has 0 radical (unpaired) electrons. The summed E-state index contributed by atoms with van der Waals surface area (Å²) in [4.78, 5) is 0.